The lowest BCUT2D eigenvalue weighted by Crippen LogP contribution is -2.51. The van der Waals surface area contributed by atoms with Gasteiger partial charge in [0.2, 0.25) is 5.91 Å². The first-order valence-corrected chi connectivity index (χ1v) is 9.01. The van der Waals surface area contributed by atoms with Crippen LogP contribution in [0.25, 0.3) is 0 Å². The zero-order valence-electron chi connectivity index (χ0n) is 15.8. The van der Waals surface area contributed by atoms with Gasteiger partial charge in [-0.1, -0.05) is 12.1 Å². The summed E-state index contributed by atoms with van der Waals surface area (Å²) >= 11 is 0. The minimum atomic E-state index is 0.233. The van der Waals surface area contributed by atoms with Gasteiger partial charge in [-0.15, -0.1) is 0 Å². The van der Waals surface area contributed by atoms with Crippen molar-refractivity contribution in [2.24, 2.45) is 5.92 Å². The number of carbonyl (C=O) groups is 1. The lowest BCUT2D eigenvalue weighted by molar-refractivity contribution is -0.137. The highest BCUT2D eigenvalue weighted by atomic mass is 16.5. The van der Waals surface area contributed by atoms with Gasteiger partial charge in [-0.25, -0.2) is 4.98 Å². The summed E-state index contributed by atoms with van der Waals surface area (Å²) in [6.07, 6.45) is 3.20. The third-order valence-corrected chi connectivity index (χ3v) is 4.95. The van der Waals surface area contributed by atoms with Gasteiger partial charge in [-0.3, -0.25) is 4.79 Å². The molecular formula is C20H27N3O3. The van der Waals surface area contributed by atoms with Crippen molar-refractivity contribution in [3.63, 3.8) is 0 Å². The number of aromatic nitrogens is 2. The van der Waals surface area contributed by atoms with Crippen LogP contribution in [0.15, 0.2) is 30.5 Å². The van der Waals surface area contributed by atoms with Crippen LogP contribution < -0.4 is 4.74 Å². The van der Waals surface area contributed by atoms with Gasteiger partial charge in [0.15, 0.2) is 0 Å². The second kappa shape index (κ2) is 8.36. The molecular weight excluding hydrogens is 330 g/mol. The van der Waals surface area contributed by atoms with Crippen LogP contribution in [-0.2, 0) is 29.1 Å². The monoisotopic (exact) mass is 357 g/mol. The maximum atomic E-state index is 12.4. The first kappa shape index (κ1) is 18.5. The third-order valence-electron chi connectivity index (χ3n) is 4.95. The molecule has 26 heavy (non-hydrogen) atoms. The topological polar surface area (TPSA) is 56.6 Å². The van der Waals surface area contributed by atoms with Crippen molar-refractivity contribution in [2.45, 2.75) is 32.9 Å². The van der Waals surface area contributed by atoms with Crippen molar-refractivity contribution < 1.29 is 14.3 Å². The summed E-state index contributed by atoms with van der Waals surface area (Å²) in [7, 11) is 3.34. The Morgan fingerprint density at radius 2 is 1.96 bits per heavy atom. The third kappa shape index (κ3) is 4.25. The molecule has 0 radical (unpaired) electrons. The van der Waals surface area contributed by atoms with Crippen molar-refractivity contribution in [3.05, 3.63) is 47.5 Å². The fourth-order valence-electron chi connectivity index (χ4n) is 3.35. The highest BCUT2D eigenvalue weighted by molar-refractivity contribution is 5.77. The summed E-state index contributed by atoms with van der Waals surface area (Å²) in [6.45, 7) is 5.12. The molecule has 6 nitrogen and oxygen atoms in total. The Kier molecular flexibility index (Phi) is 5.93. The van der Waals surface area contributed by atoms with Gasteiger partial charge in [-0.2, -0.15) is 0 Å². The molecule has 1 aromatic carbocycles. The van der Waals surface area contributed by atoms with Crippen LogP contribution in [-0.4, -0.2) is 47.7 Å². The Morgan fingerprint density at radius 3 is 2.62 bits per heavy atom. The average Bonchev–Trinajstić information content (AvgIpc) is 2.96. The van der Waals surface area contributed by atoms with Crippen LogP contribution in [0.4, 0.5) is 0 Å². The number of imidazole rings is 1. The number of ether oxygens (including phenoxy) is 2. The predicted molar refractivity (Wildman–Crippen MR) is 99.1 cm³/mol. The van der Waals surface area contributed by atoms with Crippen molar-refractivity contribution in [2.75, 3.05) is 27.3 Å². The maximum Gasteiger partial charge on any atom is 0.222 e. The number of aryl methyl sites for hydroxylation is 2. The lowest BCUT2D eigenvalue weighted by Gasteiger charge is -2.40. The van der Waals surface area contributed by atoms with Crippen molar-refractivity contribution >= 4 is 5.91 Å². The predicted octanol–water partition coefficient (Wildman–Crippen LogP) is 2.44. The van der Waals surface area contributed by atoms with E-state index in [4.69, 9.17) is 9.47 Å². The highest BCUT2D eigenvalue weighted by Crippen LogP contribution is 2.21. The Hall–Kier alpha value is -2.34. The Bertz CT molecular complexity index is 733. The highest BCUT2D eigenvalue weighted by Gasteiger charge is 2.31. The first-order chi connectivity index (χ1) is 12.6. The number of benzene rings is 1. The number of likely N-dealkylation sites (tertiary alicyclic amines) is 1. The molecule has 1 aliphatic rings. The molecule has 0 aliphatic carbocycles. The molecule has 6 heteroatoms. The summed E-state index contributed by atoms with van der Waals surface area (Å²) in [5.74, 6) is 2.52. The van der Waals surface area contributed by atoms with E-state index in [1.807, 2.05) is 35.4 Å². The zero-order chi connectivity index (χ0) is 18.5. The summed E-state index contributed by atoms with van der Waals surface area (Å²) in [5, 5.41) is 0. The van der Waals surface area contributed by atoms with E-state index in [9.17, 15) is 4.79 Å². The quantitative estimate of drug-likeness (QED) is 0.728. The molecule has 0 N–H and O–H groups in total. The summed E-state index contributed by atoms with van der Waals surface area (Å²) < 4.78 is 12.6. The van der Waals surface area contributed by atoms with E-state index in [-0.39, 0.29) is 5.91 Å². The second-order valence-electron chi connectivity index (χ2n) is 6.87. The van der Waals surface area contributed by atoms with Crippen molar-refractivity contribution in [1.29, 1.82) is 0 Å². The fraction of sp³-hybridized carbons (Fsp3) is 0.500. The molecule has 1 fully saturated rings. The number of nitrogens with zero attached hydrogens (tertiary/aromatic N) is 3. The Balaban J connectivity index is 1.44. The van der Waals surface area contributed by atoms with Gasteiger partial charge in [0, 0.05) is 51.0 Å². The van der Waals surface area contributed by atoms with Crippen LogP contribution in [0, 0.1) is 12.8 Å². The molecule has 2 aromatic rings. The molecule has 0 spiro atoms. The average molecular weight is 357 g/mol. The van der Waals surface area contributed by atoms with Crippen molar-refractivity contribution in [3.8, 4) is 5.75 Å². The zero-order valence-corrected chi connectivity index (χ0v) is 15.8. The largest absolute Gasteiger partial charge is 0.497 e. The van der Waals surface area contributed by atoms with Crippen LogP contribution in [0.3, 0.4) is 0 Å². The molecule has 0 bridgehead atoms. The molecule has 0 unspecified atom stereocenters. The fourth-order valence-corrected chi connectivity index (χ4v) is 3.35. The molecule has 1 aromatic heterocycles. The number of rotatable bonds is 8. The Morgan fingerprint density at radius 1 is 1.23 bits per heavy atom. The van der Waals surface area contributed by atoms with E-state index in [1.165, 1.54) is 0 Å². The lowest BCUT2D eigenvalue weighted by atomic mass is 9.98. The Labute approximate surface area is 154 Å². The van der Waals surface area contributed by atoms with Crippen LogP contribution in [0.5, 0.6) is 5.75 Å². The van der Waals surface area contributed by atoms with Gasteiger partial charge in [-0.05, 0) is 31.0 Å². The summed E-state index contributed by atoms with van der Waals surface area (Å²) in [5.41, 5.74) is 2.30. The van der Waals surface area contributed by atoms with E-state index in [1.54, 1.807) is 14.2 Å². The SMILES string of the molecule is COCc1ncc(C)n1CC1CN(C(=O)CCc2ccc(OC)cc2)C1. The number of carbonyl (C=O) groups excluding carboxylic acids is 1. The number of hydrogen-bond donors (Lipinski definition) is 0. The van der Waals surface area contributed by atoms with Crippen molar-refractivity contribution in [1.82, 2.24) is 14.5 Å². The molecule has 3 rings (SSSR count). The molecule has 140 valence electrons. The van der Waals surface area contributed by atoms with E-state index in [2.05, 4.69) is 16.5 Å². The summed E-state index contributed by atoms with van der Waals surface area (Å²) in [6, 6.07) is 7.91. The molecule has 1 saturated heterocycles. The van der Waals surface area contributed by atoms with Gasteiger partial charge in [0.1, 0.15) is 18.2 Å². The first-order valence-electron chi connectivity index (χ1n) is 9.01. The van der Waals surface area contributed by atoms with Crippen LogP contribution >= 0.6 is 0 Å². The summed E-state index contributed by atoms with van der Waals surface area (Å²) in [4.78, 5) is 18.7. The minimum absolute atomic E-state index is 0.233. The molecule has 2 heterocycles. The van der Waals surface area contributed by atoms with Gasteiger partial charge >= 0.3 is 0 Å². The van der Waals surface area contributed by atoms with Gasteiger partial charge < -0.3 is 18.9 Å². The van der Waals surface area contributed by atoms with E-state index < -0.39 is 0 Å². The number of hydrogen-bond acceptors (Lipinski definition) is 4. The second-order valence-corrected chi connectivity index (χ2v) is 6.87. The van der Waals surface area contributed by atoms with Gasteiger partial charge in [0.25, 0.3) is 0 Å². The van der Waals surface area contributed by atoms with Crippen LogP contribution in [0.1, 0.15) is 23.5 Å². The molecule has 0 atom stereocenters. The molecule has 1 aliphatic heterocycles. The normalized spacial score (nSPS) is 14.3. The van der Waals surface area contributed by atoms with E-state index in [0.717, 1.165) is 48.9 Å². The smallest absolute Gasteiger partial charge is 0.222 e. The molecule has 0 saturated carbocycles. The number of amides is 1. The van der Waals surface area contributed by atoms with Gasteiger partial charge in [0.05, 0.1) is 7.11 Å². The van der Waals surface area contributed by atoms with Crippen LogP contribution in [0.2, 0.25) is 0 Å². The minimum Gasteiger partial charge on any atom is -0.497 e. The maximum absolute atomic E-state index is 12.4. The van der Waals surface area contributed by atoms with E-state index >= 15 is 0 Å². The standard InChI is InChI=1S/C20H27N3O3/c1-15-10-21-19(14-25-2)23(15)13-17-11-22(12-17)20(24)9-6-16-4-7-18(26-3)8-5-16/h4-5,7-8,10,17H,6,9,11-14H2,1-3H3. The van der Waals surface area contributed by atoms with E-state index in [0.29, 0.717) is 18.9 Å². The number of methoxy groups -OCH3 is 2. The molecule has 1 amide bonds.